The average Bonchev–Trinajstić information content (AvgIpc) is 3.19. The van der Waals surface area contributed by atoms with E-state index in [0.717, 1.165) is 6.20 Å². The molecule has 1 heterocycles. The molecule has 32 heavy (non-hydrogen) atoms. The summed E-state index contributed by atoms with van der Waals surface area (Å²) in [5, 5.41) is 6.39. The quantitative estimate of drug-likeness (QED) is 0.484. The number of hydrogen-bond donors (Lipinski definition) is 1. The summed E-state index contributed by atoms with van der Waals surface area (Å²) in [5.74, 6) is -1.27. The van der Waals surface area contributed by atoms with Gasteiger partial charge in [-0.15, -0.1) is 0 Å². The third kappa shape index (κ3) is 5.28. The number of methoxy groups -OCH3 is 1. The van der Waals surface area contributed by atoms with Crippen molar-refractivity contribution in [2.24, 2.45) is 0 Å². The molecule has 1 aromatic heterocycles. The van der Waals surface area contributed by atoms with Gasteiger partial charge in [0.25, 0.3) is 5.91 Å². The first-order valence-corrected chi connectivity index (χ1v) is 9.29. The summed E-state index contributed by atoms with van der Waals surface area (Å²) in [4.78, 5) is 12.5. The van der Waals surface area contributed by atoms with Gasteiger partial charge in [-0.2, -0.15) is 27.1 Å². The molecule has 0 aliphatic carbocycles. The largest absolute Gasteiger partial charge is 0.493 e. The highest BCUT2D eigenvalue weighted by Crippen LogP contribution is 2.34. The third-order valence-corrected chi connectivity index (χ3v) is 4.50. The zero-order valence-corrected chi connectivity index (χ0v) is 17.0. The molecule has 170 valence electrons. The van der Waals surface area contributed by atoms with E-state index in [2.05, 4.69) is 15.2 Å². The van der Waals surface area contributed by atoms with E-state index in [1.165, 1.54) is 49.6 Å². The van der Waals surface area contributed by atoms with E-state index in [-0.39, 0.29) is 23.7 Å². The standard InChI is InChI=1S/C20H15ClF5N3O3/c1-31-16-8-11(2-7-15(16)32-19(22)23)9-27-18(30)14-10-28-29(17(14)20(24,25)26)13-5-3-12(21)4-6-13/h2-8,10,19H,9H2,1H3,(H,27,30). The van der Waals surface area contributed by atoms with Crippen LogP contribution in [0, 0.1) is 0 Å². The highest BCUT2D eigenvalue weighted by Gasteiger charge is 2.40. The first kappa shape index (κ1) is 23.3. The van der Waals surface area contributed by atoms with Gasteiger partial charge in [-0.1, -0.05) is 17.7 Å². The van der Waals surface area contributed by atoms with Crippen LogP contribution in [0.3, 0.4) is 0 Å². The van der Waals surface area contributed by atoms with Crippen molar-refractivity contribution in [3.05, 3.63) is 70.5 Å². The summed E-state index contributed by atoms with van der Waals surface area (Å²) in [5.41, 5.74) is -1.48. The van der Waals surface area contributed by atoms with Crippen molar-refractivity contribution >= 4 is 17.5 Å². The van der Waals surface area contributed by atoms with Gasteiger partial charge in [0.05, 0.1) is 24.6 Å². The number of benzene rings is 2. The zero-order valence-electron chi connectivity index (χ0n) is 16.3. The number of amides is 1. The number of halogens is 6. The maximum Gasteiger partial charge on any atom is 0.434 e. The van der Waals surface area contributed by atoms with Gasteiger partial charge >= 0.3 is 12.8 Å². The fourth-order valence-corrected chi connectivity index (χ4v) is 2.98. The molecule has 1 N–H and O–H groups in total. The van der Waals surface area contributed by atoms with E-state index in [9.17, 15) is 26.7 Å². The Balaban J connectivity index is 1.83. The van der Waals surface area contributed by atoms with Crippen molar-refractivity contribution < 1.29 is 36.2 Å². The lowest BCUT2D eigenvalue weighted by Gasteiger charge is -2.14. The Morgan fingerprint density at radius 2 is 1.84 bits per heavy atom. The number of aromatic nitrogens is 2. The minimum absolute atomic E-state index is 0.0245. The fourth-order valence-electron chi connectivity index (χ4n) is 2.86. The molecule has 0 spiro atoms. The summed E-state index contributed by atoms with van der Waals surface area (Å²) in [7, 11) is 1.23. The van der Waals surface area contributed by atoms with Crippen molar-refractivity contribution in [1.29, 1.82) is 0 Å². The smallest absolute Gasteiger partial charge is 0.434 e. The molecule has 0 unspecified atom stereocenters. The zero-order chi connectivity index (χ0) is 23.5. The monoisotopic (exact) mass is 475 g/mol. The molecule has 3 rings (SSSR count). The number of alkyl halides is 5. The molecule has 0 fully saturated rings. The topological polar surface area (TPSA) is 65.4 Å². The normalized spacial score (nSPS) is 11.5. The van der Waals surface area contributed by atoms with E-state index in [0.29, 0.717) is 15.3 Å². The van der Waals surface area contributed by atoms with E-state index < -0.39 is 30.0 Å². The first-order chi connectivity index (χ1) is 15.1. The second-order valence-electron chi connectivity index (χ2n) is 6.34. The lowest BCUT2D eigenvalue weighted by molar-refractivity contribution is -0.143. The van der Waals surface area contributed by atoms with Gasteiger partial charge in [-0.3, -0.25) is 4.79 Å². The Bertz CT molecular complexity index is 1100. The van der Waals surface area contributed by atoms with Gasteiger partial charge in [0.2, 0.25) is 0 Å². The maximum atomic E-state index is 13.7. The molecular weight excluding hydrogens is 461 g/mol. The van der Waals surface area contributed by atoms with Gasteiger partial charge in [0.15, 0.2) is 17.2 Å². The van der Waals surface area contributed by atoms with Crippen LogP contribution >= 0.6 is 11.6 Å². The number of nitrogens with one attached hydrogen (secondary N) is 1. The number of carbonyl (C=O) groups is 1. The van der Waals surface area contributed by atoms with Crippen LogP contribution in [0.25, 0.3) is 5.69 Å². The second-order valence-corrected chi connectivity index (χ2v) is 6.78. The highest BCUT2D eigenvalue weighted by atomic mass is 35.5. The molecule has 0 bridgehead atoms. The Morgan fingerprint density at radius 1 is 1.16 bits per heavy atom. The molecule has 12 heteroatoms. The lowest BCUT2D eigenvalue weighted by Crippen LogP contribution is -2.26. The van der Waals surface area contributed by atoms with Crippen LogP contribution in [0.2, 0.25) is 5.02 Å². The Kier molecular flexibility index (Phi) is 6.87. The number of carbonyl (C=O) groups excluding carboxylic acids is 1. The predicted molar refractivity (Wildman–Crippen MR) is 104 cm³/mol. The number of rotatable bonds is 7. The molecule has 0 saturated heterocycles. The Hall–Kier alpha value is -3.34. The SMILES string of the molecule is COc1cc(CNC(=O)c2cnn(-c3ccc(Cl)cc3)c2C(F)(F)F)ccc1OC(F)F. The van der Waals surface area contributed by atoms with Gasteiger partial charge in [-0.05, 0) is 42.0 Å². The van der Waals surface area contributed by atoms with E-state index in [1.807, 2.05) is 0 Å². The first-order valence-electron chi connectivity index (χ1n) is 8.91. The van der Waals surface area contributed by atoms with Gasteiger partial charge in [0.1, 0.15) is 0 Å². The van der Waals surface area contributed by atoms with Crippen LogP contribution < -0.4 is 14.8 Å². The van der Waals surface area contributed by atoms with Crippen LogP contribution in [0.4, 0.5) is 22.0 Å². The van der Waals surface area contributed by atoms with Crippen molar-refractivity contribution in [3.8, 4) is 17.2 Å². The van der Waals surface area contributed by atoms with Crippen LogP contribution in [0.5, 0.6) is 11.5 Å². The summed E-state index contributed by atoms with van der Waals surface area (Å²) in [6.07, 6.45) is -4.06. The molecule has 1 amide bonds. The average molecular weight is 476 g/mol. The summed E-state index contributed by atoms with van der Waals surface area (Å²) < 4.78 is 75.9. The molecule has 3 aromatic rings. The predicted octanol–water partition coefficient (Wildman–Crippen LogP) is 5.08. The number of ether oxygens (including phenoxy) is 2. The Labute approximate surface area is 183 Å². The van der Waals surface area contributed by atoms with E-state index >= 15 is 0 Å². The van der Waals surface area contributed by atoms with Crippen LogP contribution in [0.1, 0.15) is 21.6 Å². The lowest BCUT2D eigenvalue weighted by atomic mass is 10.1. The fraction of sp³-hybridized carbons (Fsp3) is 0.200. The Morgan fingerprint density at radius 3 is 2.44 bits per heavy atom. The molecule has 0 saturated carbocycles. The van der Waals surface area contributed by atoms with Crippen molar-refractivity contribution in [3.63, 3.8) is 0 Å². The van der Waals surface area contributed by atoms with Gasteiger partial charge < -0.3 is 14.8 Å². The molecule has 0 aliphatic heterocycles. The number of hydrogen-bond acceptors (Lipinski definition) is 4. The number of nitrogens with zero attached hydrogens (tertiary/aromatic N) is 2. The summed E-state index contributed by atoms with van der Waals surface area (Å²) in [6, 6.07) is 9.35. The van der Waals surface area contributed by atoms with Crippen molar-refractivity contribution in [2.45, 2.75) is 19.3 Å². The van der Waals surface area contributed by atoms with Gasteiger partial charge in [-0.25, -0.2) is 4.68 Å². The van der Waals surface area contributed by atoms with E-state index in [1.54, 1.807) is 0 Å². The van der Waals surface area contributed by atoms with Crippen LogP contribution in [-0.4, -0.2) is 29.4 Å². The molecule has 0 radical (unpaired) electrons. The minimum Gasteiger partial charge on any atom is -0.493 e. The molecular formula is C20H15ClF5N3O3. The summed E-state index contributed by atoms with van der Waals surface area (Å²) >= 11 is 5.77. The third-order valence-electron chi connectivity index (χ3n) is 4.25. The minimum atomic E-state index is -4.87. The second kappa shape index (κ2) is 9.43. The van der Waals surface area contributed by atoms with E-state index in [4.69, 9.17) is 16.3 Å². The summed E-state index contributed by atoms with van der Waals surface area (Å²) in [6.45, 7) is -3.26. The van der Waals surface area contributed by atoms with Crippen molar-refractivity contribution in [2.75, 3.05) is 7.11 Å². The van der Waals surface area contributed by atoms with Crippen LogP contribution in [0.15, 0.2) is 48.7 Å². The molecule has 2 aromatic carbocycles. The molecule has 6 nitrogen and oxygen atoms in total. The maximum absolute atomic E-state index is 13.7. The van der Waals surface area contributed by atoms with Crippen LogP contribution in [-0.2, 0) is 12.7 Å². The molecule has 0 atom stereocenters. The highest BCUT2D eigenvalue weighted by molar-refractivity contribution is 6.30. The van der Waals surface area contributed by atoms with Gasteiger partial charge in [0, 0.05) is 11.6 Å². The molecule has 0 aliphatic rings. The van der Waals surface area contributed by atoms with Crippen molar-refractivity contribution in [1.82, 2.24) is 15.1 Å².